The highest BCUT2D eigenvalue weighted by atomic mass is 16.6. The van der Waals surface area contributed by atoms with Gasteiger partial charge in [-0.2, -0.15) is 0 Å². The van der Waals surface area contributed by atoms with Crippen molar-refractivity contribution in [2.24, 2.45) is 5.73 Å². The van der Waals surface area contributed by atoms with E-state index < -0.39 is 11.6 Å². The number of carbonyl (C=O) groups is 2. The van der Waals surface area contributed by atoms with Crippen LogP contribution < -0.4 is 19.9 Å². The van der Waals surface area contributed by atoms with Crippen molar-refractivity contribution < 1.29 is 23.8 Å². The largest absolute Gasteiger partial charge is 0.488 e. The third-order valence-electron chi connectivity index (χ3n) is 5.20. The van der Waals surface area contributed by atoms with Gasteiger partial charge >= 0.3 is 5.97 Å². The van der Waals surface area contributed by atoms with Crippen molar-refractivity contribution in [1.82, 2.24) is 0 Å². The lowest BCUT2D eigenvalue weighted by atomic mass is 9.83. The summed E-state index contributed by atoms with van der Waals surface area (Å²) in [5.74, 6) is 0.988. The molecular weight excluding hydrogens is 370 g/mol. The van der Waals surface area contributed by atoms with E-state index in [0.717, 1.165) is 5.56 Å². The highest BCUT2D eigenvalue weighted by Gasteiger charge is 2.41. The molecule has 3 aromatic carbocycles. The van der Waals surface area contributed by atoms with Gasteiger partial charge in [0.2, 0.25) is 0 Å². The summed E-state index contributed by atoms with van der Waals surface area (Å²) in [4.78, 5) is 24.0. The molecule has 0 fully saturated rings. The van der Waals surface area contributed by atoms with Crippen LogP contribution in [0.2, 0.25) is 0 Å². The molecule has 0 amide bonds. The second kappa shape index (κ2) is 6.46. The van der Waals surface area contributed by atoms with Crippen LogP contribution in [-0.4, -0.2) is 24.9 Å². The van der Waals surface area contributed by atoms with E-state index >= 15 is 0 Å². The molecule has 1 aliphatic heterocycles. The topological polar surface area (TPSA) is 87.9 Å². The van der Waals surface area contributed by atoms with Crippen molar-refractivity contribution in [3.05, 3.63) is 77.9 Å². The third-order valence-corrected chi connectivity index (χ3v) is 5.20. The smallest absolute Gasteiger partial charge is 0.325 e. The number of ketones is 1. The Morgan fingerprint density at radius 2 is 1.93 bits per heavy atom. The van der Waals surface area contributed by atoms with E-state index in [1.807, 2.05) is 36.4 Å². The van der Waals surface area contributed by atoms with E-state index in [0.29, 0.717) is 33.6 Å². The zero-order chi connectivity index (χ0) is 20.0. The molecule has 2 N–H and O–H groups in total. The lowest BCUT2D eigenvalue weighted by molar-refractivity contribution is -0.132. The Bertz CT molecular complexity index is 1200. The maximum atomic E-state index is 12.3. The van der Waals surface area contributed by atoms with Gasteiger partial charge in [-0.25, -0.2) is 0 Å². The summed E-state index contributed by atoms with van der Waals surface area (Å²) in [6, 6.07) is 16.3. The molecule has 5 rings (SSSR count). The fraction of sp³-hybridized carbons (Fsp3) is 0.130. The predicted molar refractivity (Wildman–Crippen MR) is 106 cm³/mol. The SMILES string of the molecule is NCC(=O)Oc1ccc2c3c(cccc13)OCC1(C=CC(=O)c3ccccc31)O2. The average molecular weight is 387 g/mol. The van der Waals surface area contributed by atoms with Gasteiger partial charge in [-0.1, -0.05) is 36.4 Å². The second-order valence-corrected chi connectivity index (χ2v) is 6.94. The monoisotopic (exact) mass is 387 g/mol. The van der Waals surface area contributed by atoms with Crippen molar-refractivity contribution in [3.63, 3.8) is 0 Å². The molecule has 0 radical (unpaired) electrons. The lowest BCUT2D eigenvalue weighted by Crippen LogP contribution is -2.40. The van der Waals surface area contributed by atoms with Crippen molar-refractivity contribution in [2.45, 2.75) is 5.60 Å². The van der Waals surface area contributed by atoms with Crippen LogP contribution in [0.1, 0.15) is 15.9 Å². The number of benzene rings is 3. The van der Waals surface area contributed by atoms with Crippen molar-refractivity contribution in [3.8, 4) is 17.2 Å². The van der Waals surface area contributed by atoms with Gasteiger partial charge in [0, 0.05) is 16.5 Å². The van der Waals surface area contributed by atoms with Crippen LogP contribution in [0.4, 0.5) is 0 Å². The van der Waals surface area contributed by atoms with E-state index in [4.69, 9.17) is 19.9 Å². The van der Waals surface area contributed by atoms with Gasteiger partial charge in [0.15, 0.2) is 11.4 Å². The molecule has 0 saturated carbocycles. The third kappa shape index (κ3) is 2.68. The molecular formula is C23H17NO5. The molecule has 0 saturated heterocycles. The number of nitrogens with two attached hydrogens (primary N) is 1. The molecule has 1 unspecified atom stereocenters. The van der Waals surface area contributed by atoms with Gasteiger partial charge in [0.25, 0.3) is 0 Å². The van der Waals surface area contributed by atoms with Gasteiger partial charge < -0.3 is 19.9 Å². The van der Waals surface area contributed by atoms with Crippen LogP contribution in [0.3, 0.4) is 0 Å². The van der Waals surface area contributed by atoms with Crippen LogP contribution in [0.25, 0.3) is 10.8 Å². The number of hydrogen-bond donors (Lipinski definition) is 1. The molecule has 2 aliphatic rings. The van der Waals surface area contributed by atoms with E-state index in [-0.39, 0.29) is 18.9 Å². The van der Waals surface area contributed by atoms with Crippen LogP contribution in [0.15, 0.2) is 66.7 Å². The first-order chi connectivity index (χ1) is 14.1. The minimum absolute atomic E-state index is 0.0641. The Hall–Kier alpha value is -3.64. The van der Waals surface area contributed by atoms with E-state index in [1.165, 1.54) is 6.08 Å². The Morgan fingerprint density at radius 3 is 2.79 bits per heavy atom. The number of ether oxygens (including phenoxy) is 3. The quantitative estimate of drug-likeness (QED) is 0.537. The van der Waals surface area contributed by atoms with Gasteiger partial charge in [0.1, 0.15) is 23.9 Å². The minimum atomic E-state index is -0.939. The molecule has 6 nitrogen and oxygen atoms in total. The molecule has 6 heteroatoms. The Kier molecular flexibility index (Phi) is 3.89. The molecule has 1 heterocycles. The van der Waals surface area contributed by atoms with E-state index in [1.54, 1.807) is 24.3 Å². The van der Waals surface area contributed by atoms with Crippen LogP contribution >= 0.6 is 0 Å². The summed E-state index contributed by atoms with van der Waals surface area (Å²) < 4.78 is 18.0. The average Bonchev–Trinajstić information content (AvgIpc) is 2.92. The fourth-order valence-corrected chi connectivity index (χ4v) is 3.86. The Labute approximate surface area is 166 Å². The molecule has 1 atom stereocenters. The summed E-state index contributed by atoms with van der Waals surface area (Å²) in [6.07, 6.45) is 3.27. The molecule has 3 aromatic rings. The number of esters is 1. The molecule has 0 aromatic heterocycles. The van der Waals surface area contributed by atoms with Crippen LogP contribution in [-0.2, 0) is 10.4 Å². The van der Waals surface area contributed by atoms with Crippen molar-refractivity contribution in [1.29, 1.82) is 0 Å². The first-order valence-corrected chi connectivity index (χ1v) is 9.23. The first-order valence-electron chi connectivity index (χ1n) is 9.23. The highest BCUT2D eigenvalue weighted by molar-refractivity contribution is 6.07. The van der Waals surface area contributed by atoms with E-state index in [9.17, 15) is 9.59 Å². The van der Waals surface area contributed by atoms with Crippen LogP contribution in [0.5, 0.6) is 17.2 Å². The van der Waals surface area contributed by atoms with E-state index in [2.05, 4.69) is 0 Å². The Balaban J connectivity index is 1.68. The zero-order valence-corrected chi connectivity index (χ0v) is 15.4. The molecule has 1 aliphatic carbocycles. The number of rotatable bonds is 2. The van der Waals surface area contributed by atoms with Crippen molar-refractivity contribution >= 4 is 22.5 Å². The molecule has 0 bridgehead atoms. The number of hydrogen-bond acceptors (Lipinski definition) is 6. The zero-order valence-electron chi connectivity index (χ0n) is 15.4. The van der Waals surface area contributed by atoms with Crippen LogP contribution in [0, 0.1) is 0 Å². The summed E-state index contributed by atoms with van der Waals surface area (Å²) >= 11 is 0. The van der Waals surface area contributed by atoms with Gasteiger partial charge in [0.05, 0.1) is 11.9 Å². The molecule has 144 valence electrons. The lowest BCUT2D eigenvalue weighted by Gasteiger charge is -2.33. The summed E-state index contributed by atoms with van der Waals surface area (Å²) in [5.41, 5.74) is 5.79. The molecule has 29 heavy (non-hydrogen) atoms. The summed E-state index contributed by atoms with van der Waals surface area (Å²) in [6.45, 7) is -0.0197. The second-order valence-electron chi connectivity index (χ2n) is 6.94. The number of carbonyl (C=O) groups excluding carboxylic acids is 2. The van der Waals surface area contributed by atoms with Gasteiger partial charge in [-0.15, -0.1) is 0 Å². The molecule has 1 spiro atoms. The van der Waals surface area contributed by atoms with Gasteiger partial charge in [-0.05, 0) is 30.4 Å². The predicted octanol–water partition coefficient (Wildman–Crippen LogP) is 3.12. The minimum Gasteiger partial charge on any atom is -0.488 e. The maximum Gasteiger partial charge on any atom is 0.325 e. The van der Waals surface area contributed by atoms with Gasteiger partial charge in [-0.3, -0.25) is 9.59 Å². The highest BCUT2D eigenvalue weighted by Crippen LogP contribution is 2.46. The standard InChI is InChI=1S/C23H17NO5/c24-12-21(26)28-18-8-9-20-22-15(18)5-3-7-19(22)27-13-23(29-20)11-10-17(25)14-4-1-2-6-16(14)23/h1-11H,12-13,24H2. The fourth-order valence-electron chi connectivity index (χ4n) is 3.86. The number of allylic oxidation sites excluding steroid dienone is 1. The summed E-state index contributed by atoms with van der Waals surface area (Å²) in [5, 5.41) is 1.39. The number of fused-ring (bicyclic) bond motifs is 2. The normalized spacial score (nSPS) is 19.3. The maximum absolute atomic E-state index is 12.3. The Morgan fingerprint density at radius 1 is 1.07 bits per heavy atom. The summed E-state index contributed by atoms with van der Waals surface area (Å²) in [7, 11) is 0. The van der Waals surface area contributed by atoms with Crippen molar-refractivity contribution in [2.75, 3.05) is 13.2 Å². The first kappa shape index (κ1) is 17.5.